The molecule has 2 unspecified atom stereocenters. The van der Waals surface area contributed by atoms with Crippen LogP contribution in [0.15, 0.2) is 30.5 Å². The molecule has 1 aliphatic heterocycles. The number of rotatable bonds is 6. The highest BCUT2D eigenvalue weighted by molar-refractivity contribution is 7.98. The number of urea groups is 1. The highest BCUT2D eigenvalue weighted by Crippen LogP contribution is 2.19. The maximum Gasteiger partial charge on any atom is 0.322 e. The van der Waals surface area contributed by atoms with Crippen molar-refractivity contribution in [2.45, 2.75) is 24.9 Å². The van der Waals surface area contributed by atoms with Crippen LogP contribution in [-0.4, -0.2) is 52.1 Å². The number of benzene rings is 1. The van der Waals surface area contributed by atoms with E-state index in [1.54, 1.807) is 11.8 Å². The second-order valence-corrected chi connectivity index (χ2v) is 6.79. The number of aliphatic carboxylic acids is 1. The normalized spacial score (nSPS) is 17.2. The van der Waals surface area contributed by atoms with Crippen molar-refractivity contribution in [3.63, 3.8) is 0 Å². The summed E-state index contributed by atoms with van der Waals surface area (Å²) in [5.74, 6) is -0.364. The van der Waals surface area contributed by atoms with Crippen molar-refractivity contribution in [3.8, 4) is 0 Å². The quantitative estimate of drug-likeness (QED) is 0.477. The molecule has 140 valence electrons. The third kappa shape index (κ3) is 5.24. The van der Waals surface area contributed by atoms with Crippen molar-refractivity contribution in [1.82, 2.24) is 15.6 Å². The van der Waals surface area contributed by atoms with Gasteiger partial charge in [0, 0.05) is 23.5 Å². The number of carbonyl (C=O) groups excluding carboxylic acids is 2. The third-order valence-electron chi connectivity index (χ3n) is 3.91. The lowest BCUT2D eigenvalue weighted by atomic mass is 10.1. The standard InChI is InChI=1S/C12H11N3O2.C5H11NO2S/c16-11-10(14-12(17)15-11)5-7-6-13-9-4-2-1-3-8(7)9;1-9-3-2-4(6)5(7)8/h1-4,6,10,13H,5H2,(H2,14,15,16,17);4H,2-3,6H2,1H3,(H,7,8). The Morgan fingerprint density at radius 3 is 2.69 bits per heavy atom. The van der Waals surface area contributed by atoms with Gasteiger partial charge in [-0.05, 0) is 30.1 Å². The van der Waals surface area contributed by atoms with Crippen molar-refractivity contribution in [2.75, 3.05) is 12.0 Å². The predicted octanol–water partition coefficient (Wildman–Crippen LogP) is 1.07. The minimum absolute atomic E-state index is 0.264. The molecule has 1 fully saturated rings. The number of nitrogens with one attached hydrogen (secondary N) is 3. The number of carbonyl (C=O) groups is 3. The fourth-order valence-corrected chi connectivity index (χ4v) is 2.98. The summed E-state index contributed by atoms with van der Waals surface area (Å²) in [6.07, 6.45) is 4.86. The van der Waals surface area contributed by atoms with E-state index in [1.807, 2.05) is 36.7 Å². The van der Waals surface area contributed by atoms with Gasteiger partial charge >= 0.3 is 12.0 Å². The van der Waals surface area contributed by atoms with Crippen LogP contribution >= 0.6 is 11.8 Å². The molecule has 2 atom stereocenters. The zero-order valence-electron chi connectivity index (χ0n) is 14.3. The topological polar surface area (TPSA) is 137 Å². The fourth-order valence-electron chi connectivity index (χ4n) is 2.49. The summed E-state index contributed by atoms with van der Waals surface area (Å²) in [5, 5.41) is 14.2. The number of para-hydroxylation sites is 1. The number of thioether (sulfide) groups is 1. The summed E-state index contributed by atoms with van der Waals surface area (Å²) in [6.45, 7) is 0. The largest absolute Gasteiger partial charge is 0.480 e. The van der Waals surface area contributed by atoms with Crippen LogP contribution in [0, 0.1) is 0 Å². The number of imide groups is 1. The van der Waals surface area contributed by atoms with Gasteiger partial charge in [0.25, 0.3) is 5.91 Å². The molecule has 1 aliphatic rings. The second kappa shape index (κ2) is 9.25. The molecule has 9 heteroatoms. The number of carboxylic acids is 1. The number of nitrogens with two attached hydrogens (primary N) is 1. The van der Waals surface area contributed by atoms with E-state index >= 15 is 0 Å². The molecule has 1 aromatic carbocycles. The molecule has 2 heterocycles. The second-order valence-electron chi connectivity index (χ2n) is 5.81. The molecule has 8 nitrogen and oxygen atoms in total. The lowest BCUT2D eigenvalue weighted by molar-refractivity contribution is -0.138. The van der Waals surface area contributed by atoms with E-state index in [-0.39, 0.29) is 5.91 Å². The smallest absolute Gasteiger partial charge is 0.322 e. The number of hydrogen-bond donors (Lipinski definition) is 5. The molecule has 1 saturated heterocycles. The van der Waals surface area contributed by atoms with Crippen molar-refractivity contribution in [2.24, 2.45) is 5.73 Å². The molecule has 0 radical (unpaired) electrons. The van der Waals surface area contributed by atoms with E-state index in [2.05, 4.69) is 15.6 Å². The monoisotopic (exact) mass is 378 g/mol. The molecule has 6 N–H and O–H groups in total. The van der Waals surface area contributed by atoms with E-state index in [0.717, 1.165) is 22.2 Å². The first-order valence-electron chi connectivity index (χ1n) is 8.06. The molecule has 0 saturated carbocycles. The van der Waals surface area contributed by atoms with E-state index in [4.69, 9.17) is 10.8 Å². The van der Waals surface area contributed by atoms with E-state index in [1.165, 1.54) is 0 Å². The summed E-state index contributed by atoms with van der Waals surface area (Å²) >= 11 is 1.60. The Bertz CT molecular complexity index is 792. The van der Waals surface area contributed by atoms with E-state index < -0.39 is 24.1 Å². The van der Waals surface area contributed by atoms with Gasteiger partial charge in [-0.2, -0.15) is 11.8 Å². The molecule has 1 aromatic heterocycles. The van der Waals surface area contributed by atoms with Gasteiger partial charge in [-0.15, -0.1) is 0 Å². The Morgan fingerprint density at radius 1 is 1.35 bits per heavy atom. The van der Waals surface area contributed by atoms with Crippen LogP contribution in [0.25, 0.3) is 10.9 Å². The van der Waals surface area contributed by atoms with Crippen molar-refractivity contribution >= 4 is 40.6 Å². The minimum Gasteiger partial charge on any atom is -0.480 e. The van der Waals surface area contributed by atoms with Crippen LogP contribution in [-0.2, 0) is 16.0 Å². The van der Waals surface area contributed by atoms with Crippen LogP contribution < -0.4 is 16.4 Å². The summed E-state index contributed by atoms with van der Waals surface area (Å²) in [6, 6.07) is 6.31. The Labute approximate surface area is 154 Å². The number of H-pyrrole nitrogens is 1. The summed E-state index contributed by atoms with van der Waals surface area (Å²) < 4.78 is 0. The Hall–Kier alpha value is -2.52. The van der Waals surface area contributed by atoms with Gasteiger partial charge in [0.1, 0.15) is 12.1 Å². The van der Waals surface area contributed by atoms with Gasteiger partial charge in [-0.25, -0.2) is 4.79 Å². The van der Waals surface area contributed by atoms with Crippen LogP contribution in [0.5, 0.6) is 0 Å². The number of aromatic amines is 1. The molecule has 0 bridgehead atoms. The van der Waals surface area contributed by atoms with Gasteiger partial charge < -0.3 is 21.1 Å². The van der Waals surface area contributed by atoms with Gasteiger partial charge in [0.2, 0.25) is 0 Å². The summed E-state index contributed by atoms with van der Waals surface area (Å²) in [5.41, 5.74) is 7.25. The van der Waals surface area contributed by atoms with Crippen LogP contribution in [0.4, 0.5) is 4.79 Å². The van der Waals surface area contributed by atoms with Gasteiger partial charge in [-0.1, -0.05) is 18.2 Å². The molecule has 3 amide bonds. The SMILES string of the molecule is CSCCC(N)C(=O)O.O=C1NC(=O)C(Cc2c[nH]c3ccccc23)N1. The number of amides is 3. The summed E-state index contributed by atoms with van der Waals surface area (Å²) in [4.78, 5) is 35.7. The molecular weight excluding hydrogens is 356 g/mol. The highest BCUT2D eigenvalue weighted by atomic mass is 32.2. The number of fused-ring (bicyclic) bond motifs is 1. The molecule has 26 heavy (non-hydrogen) atoms. The molecule has 0 aliphatic carbocycles. The lowest BCUT2D eigenvalue weighted by Gasteiger charge is -2.05. The molecular formula is C17H22N4O4S. The van der Waals surface area contributed by atoms with Gasteiger partial charge in [-0.3, -0.25) is 14.9 Å². The Kier molecular flexibility index (Phi) is 7.05. The maximum atomic E-state index is 11.4. The fraction of sp³-hybridized carbons (Fsp3) is 0.353. The summed E-state index contributed by atoms with van der Waals surface area (Å²) in [7, 11) is 0. The van der Waals surface area contributed by atoms with Gasteiger partial charge in [0.05, 0.1) is 0 Å². The van der Waals surface area contributed by atoms with Crippen molar-refractivity contribution in [3.05, 3.63) is 36.0 Å². The molecule has 2 aromatic rings. The predicted molar refractivity (Wildman–Crippen MR) is 101 cm³/mol. The first-order valence-corrected chi connectivity index (χ1v) is 9.45. The van der Waals surface area contributed by atoms with E-state index in [9.17, 15) is 14.4 Å². The highest BCUT2D eigenvalue weighted by Gasteiger charge is 2.29. The zero-order chi connectivity index (χ0) is 19.1. The average molecular weight is 378 g/mol. The van der Waals surface area contributed by atoms with Crippen molar-refractivity contribution < 1.29 is 19.5 Å². The third-order valence-corrected chi connectivity index (χ3v) is 4.55. The zero-order valence-corrected chi connectivity index (χ0v) is 15.1. The van der Waals surface area contributed by atoms with Crippen LogP contribution in [0.3, 0.4) is 0 Å². The first kappa shape index (κ1) is 19.8. The van der Waals surface area contributed by atoms with Crippen molar-refractivity contribution in [1.29, 1.82) is 0 Å². The van der Waals surface area contributed by atoms with Gasteiger partial charge in [0.15, 0.2) is 0 Å². The molecule has 3 rings (SSSR count). The Morgan fingerprint density at radius 2 is 2.08 bits per heavy atom. The maximum absolute atomic E-state index is 11.4. The number of carboxylic acid groups (broad SMARTS) is 1. The average Bonchev–Trinajstić information content (AvgIpc) is 3.16. The van der Waals surface area contributed by atoms with Crippen LogP contribution in [0.1, 0.15) is 12.0 Å². The first-order chi connectivity index (χ1) is 12.4. The number of aromatic nitrogens is 1. The minimum atomic E-state index is -0.913. The lowest BCUT2D eigenvalue weighted by Crippen LogP contribution is -2.30. The number of hydrogen-bond acceptors (Lipinski definition) is 5. The van der Waals surface area contributed by atoms with Crippen LogP contribution in [0.2, 0.25) is 0 Å². The molecule has 0 spiro atoms. The van der Waals surface area contributed by atoms with E-state index in [0.29, 0.717) is 12.8 Å². The Balaban J connectivity index is 0.000000232.